The summed E-state index contributed by atoms with van der Waals surface area (Å²) in [5.41, 5.74) is 2.14. The van der Waals surface area contributed by atoms with E-state index in [1.165, 1.54) is 83.5 Å². The van der Waals surface area contributed by atoms with Crippen molar-refractivity contribution >= 4 is 42.4 Å². The maximum Gasteiger partial charge on any atom is 0.0383 e. The number of hydrogen-bond donors (Lipinski definition) is 0. The minimum Gasteiger partial charge on any atom is -0.302 e. The Labute approximate surface area is 297 Å². The van der Waals surface area contributed by atoms with Crippen molar-refractivity contribution in [1.29, 1.82) is 0 Å². The monoisotopic (exact) mass is 697 g/mol. The van der Waals surface area contributed by atoms with Gasteiger partial charge in [0.05, 0.1) is 0 Å². The Balaban J connectivity index is 0.000000662. The van der Waals surface area contributed by atoms with Gasteiger partial charge in [-0.1, -0.05) is 184 Å². The van der Waals surface area contributed by atoms with Gasteiger partial charge in [0.25, 0.3) is 0 Å². The van der Waals surface area contributed by atoms with Gasteiger partial charge in [-0.05, 0) is 86.4 Å². The van der Waals surface area contributed by atoms with Gasteiger partial charge in [-0.15, -0.1) is 0 Å². The molecule has 5 aromatic carbocycles. The van der Waals surface area contributed by atoms with Crippen molar-refractivity contribution in [2.75, 3.05) is 14.1 Å². The summed E-state index contributed by atoms with van der Waals surface area (Å²) in [5.74, 6) is 0.584. The number of benzene rings is 5. The molecule has 0 aliphatic heterocycles. The summed E-state index contributed by atoms with van der Waals surface area (Å²) in [4.78, 5) is 2.52. The van der Waals surface area contributed by atoms with Gasteiger partial charge in [0.1, 0.15) is 0 Å². The zero-order valence-electron chi connectivity index (χ0n) is 27.9. The molecule has 3 unspecified atom stereocenters. The van der Waals surface area contributed by atoms with Crippen LogP contribution in [-0.2, 0) is 17.1 Å². The number of hydrogen-bond acceptors (Lipinski definition) is 1. The summed E-state index contributed by atoms with van der Waals surface area (Å²) >= 11 is 0. The van der Waals surface area contributed by atoms with Crippen molar-refractivity contribution in [1.82, 2.24) is 4.90 Å². The fourth-order valence-corrected chi connectivity index (χ4v) is 13.3. The minimum atomic E-state index is -0.677. The second-order valence-corrected chi connectivity index (χ2v) is 17.6. The molecule has 0 amide bonds. The van der Waals surface area contributed by atoms with Gasteiger partial charge in [0.2, 0.25) is 0 Å². The van der Waals surface area contributed by atoms with Crippen molar-refractivity contribution in [2.45, 2.75) is 63.1 Å². The molecule has 0 heterocycles. The molecule has 2 aliphatic carbocycles. The van der Waals surface area contributed by atoms with Gasteiger partial charge in [0, 0.05) is 23.1 Å². The molecule has 4 heteroatoms. The van der Waals surface area contributed by atoms with Gasteiger partial charge < -0.3 is 4.90 Å². The fraction of sp³-hybridized carbons (Fsp3) is 0.302. The zero-order chi connectivity index (χ0) is 31.6. The Morgan fingerprint density at radius 3 is 1.34 bits per heavy atom. The van der Waals surface area contributed by atoms with E-state index in [4.69, 9.17) is 0 Å². The summed E-state index contributed by atoms with van der Waals surface area (Å²) in [6.07, 6.45) is 11.4. The molecule has 0 bridgehead atoms. The third kappa shape index (κ3) is 8.92. The molecular formula is C43H49FeNP2. The first-order valence-corrected chi connectivity index (χ1v) is 20.0. The van der Waals surface area contributed by atoms with E-state index in [9.17, 15) is 0 Å². The predicted molar refractivity (Wildman–Crippen MR) is 205 cm³/mol. The van der Waals surface area contributed by atoms with E-state index in [2.05, 4.69) is 165 Å². The van der Waals surface area contributed by atoms with Crippen LogP contribution in [0.3, 0.4) is 0 Å². The number of nitrogens with zero attached hydrogens (tertiary/aromatic N) is 1. The van der Waals surface area contributed by atoms with Crippen LogP contribution >= 0.6 is 15.8 Å². The molecule has 244 valence electrons. The third-order valence-electron chi connectivity index (χ3n) is 9.67. The average Bonchev–Trinajstić information content (AvgIpc) is 3.85. The van der Waals surface area contributed by atoms with E-state index in [0.29, 0.717) is 17.6 Å². The van der Waals surface area contributed by atoms with E-state index in [1.54, 1.807) is 0 Å². The first kappa shape index (κ1) is 35.7. The minimum absolute atomic E-state index is 0. The summed E-state index contributed by atoms with van der Waals surface area (Å²) in [6.45, 7) is 0. The SMILES string of the molecule is C1CCCC1.CN(C)C(c1ccccc1P(c1ccccc1)c1ccccc1)C1CCCC1P(c1ccccc1)c1ccccc1.[Fe]. The molecule has 2 fully saturated rings. The van der Waals surface area contributed by atoms with Crippen molar-refractivity contribution in [3.63, 3.8) is 0 Å². The Bertz CT molecular complexity index is 1510. The second-order valence-electron chi connectivity index (χ2n) is 12.9. The molecule has 0 radical (unpaired) electrons. The number of rotatable bonds is 9. The van der Waals surface area contributed by atoms with E-state index >= 15 is 0 Å². The molecule has 0 aromatic heterocycles. The van der Waals surface area contributed by atoms with Crippen LogP contribution in [0.1, 0.15) is 63.0 Å². The van der Waals surface area contributed by atoms with Crippen LogP contribution in [0.4, 0.5) is 0 Å². The van der Waals surface area contributed by atoms with Crippen LogP contribution < -0.4 is 26.5 Å². The largest absolute Gasteiger partial charge is 0.302 e. The smallest absolute Gasteiger partial charge is 0.0383 e. The third-order valence-corrected chi connectivity index (χ3v) is 15.2. The normalized spacial score (nSPS) is 18.1. The van der Waals surface area contributed by atoms with Gasteiger partial charge in [-0.2, -0.15) is 0 Å². The van der Waals surface area contributed by atoms with E-state index in [0.717, 1.165) is 0 Å². The van der Waals surface area contributed by atoms with Gasteiger partial charge in [-0.3, -0.25) is 0 Å². The summed E-state index contributed by atoms with van der Waals surface area (Å²) in [7, 11) is 3.46. The molecule has 0 N–H and O–H groups in total. The second kappa shape index (κ2) is 18.3. The Morgan fingerprint density at radius 1 is 0.489 bits per heavy atom. The van der Waals surface area contributed by atoms with Crippen LogP contribution in [0.2, 0.25) is 0 Å². The maximum absolute atomic E-state index is 2.52. The van der Waals surface area contributed by atoms with Crippen molar-refractivity contribution < 1.29 is 17.1 Å². The molecule has 47 heavy (non-hydrogen) atoms. The molecule has 7 rings (SSSR count). The fourth-order valence-electron chi connectivity index (χ4n) is 7.67. The summed E-state index contributed by atoms with van der Waals surface area (Å²) in [5, 5.41) is 7.34. The van der Waals surface area contributed by atoms with Crippen molar-refractivity contribution in [3.05, 3.63) is 151 Å². The van der Waals surface area contributed by atoms with E-state index in [-0.39, 0.29) is 17.1 Å². The Morgan fingerprint density at radius 2 is 0.894 bits per heavy atom. The molecule has 2 saturated carbocycles. The molecule has 5 aromatic rings. The predicted octanol–water partition coefficient (Wildman–Crippen LogP) is 9.30. The topological polar surface area (TPSA) is 3.24 Å². The Kier molecular flexibility index (Phi) is 13.9. The zero-order valence-corrected chi connectivity index (χ0v) is 30.8. The van der Waals surface area contributed by atoms with Crippen molar-refractivity contribution in [3.8, 4) is 0 Å². The summed E-state index contributed by atoms with van der Waals surface area (Å²) in [6, 6.07) is 54.8. The molecule has 3 atom stereocenters. The summed E-state index contributed by atoms with van der Waals surface area (Å²) < 4.78 is 0. The maximum atomic E-state index is 2.52. The average molecular weight is 698 g/mol. The van der Waals surface area contributed by atoms with Crippen LogP contribution in [0, 0.1) is 5.92 Å². The van der Waals surface area contributed by atoms with Crippen LogP contribution in [-0.4, -0.2) is 24.7 Å². The van der Waals surface area contributed by atoms with E-state index in [1.807, 2.05) is 0 Å². The molecule has 1 nitrogen and oxygen atoms in total. The molecule has 0 saturated heterocycles. The van der Waals surface area contributed by atoms with Crippen LogP contribution in [0.15, 0.2) is 146 Å². The van der Waals surface area contributed by atoms with Gasteiger partial charge in [-0.25, -0.2) is 0 Å². The van der Waals surface area contributed by atoms with Gasteiger partial charge in [0.15, 0.2) is 0 Å². The Hall–Kier alpha value is -2.56. The first-order valence-electron chi connectivity index (χ1n) is 17.3. The van der Waals surface area contributed by atoms with Gasteiger partial charge >= 0.3 is 0 Å². The van der Waals surface area contributed by atoms with Crippen LogP contribution in [0.5, 0.6) is 0 Å². The van der Waals surface area contributed by atoms with Crippen molar-refractivity contribution in [2.24, 2.45) is 5.92 Å². The van der Waals surface area contributed by atoms with Crippen LogP contribution in [0.25, 0.3) is 0 Å². The first-order chi connectivity index (χ1) is 22.7. The molecular weight excluding hydrogens is 648 g/mol. The van der Waals surface area contributed by atoms with E-state index < -0.39 is 15.8 Å². The quantitative estimate of drug-likeness (QED) is 0.110. The standard InChI is InChI=1S/C38H39NP2.C5H10.Fe/c1-39(2)38(35-27-17-29-37(35)41(32-22-11-5-12-23-32)33-24-13-6-14-25-33)34-26-15-16-28-36(34)40(30-18-7-3-8-19-30)31-20-9-4-10-21-31;1-2-4-5-3-1;/h3-16,18-26,28,35,37-38H,17,27,29H2,1-2H3;1-5H2;. The molecule has 2 aliphatic rings. The molecule has 0 spiro atoms.